The van der Waals surface area contributed by atoms with Crippen LogP contribution in [-0.2, 0) is 28.8 Å². The van der Waals surface area contributed by atoms with Gasteiger partial charge in [0, 0.05) is 32.0 Å². The van der Waals surface area contributed by atoms with Crippen LogP contribution in [0, 0.1) is 11.3 Å². The fourth-order valence-electron chi connectivity index (χ4n) is 4.86. The Hall–Kier alpha value is -3.77. The molecule has 3 unspecified atom stereocenters. The molecule has 0 bridgehead atoms. The predicted molar refractivity (Wildman–Crippen MR) is 150 cm³/mol. The van der Waals surface area contributed by atoms with Gasteiger partial charge in [-0.25, -0.2) is 4.79 Å². The third kappa shape index (κ3) is 9.68. The fourth-order valence-corrected chi connectivity index (χ4v) is 4.86. The molecule has 2 aliphatic heterocycles. The van der Waals surface area contributed by atoms with E-state index in [1.807, 2.05) is 27.7 Å². The Morgan fingerprint density at radius 3 is 2.39 bits per heavy atom. The van der Waals surface area contributed by atoms with E-state index < -0.39 is 53.6 Å². The zero-order valence-electron chi connectivity index (χ0n) is 24.5. The molecule has 0 aliphatic carbocycles. The zero-order valence-corrected chi connectivity index (χ0v) is 24.5. The SMILES string of the molecule is C=CCNC(=O)C(=O)CNC(=O)C1CCCN1C(=O)CNC(=O)NC(CN1C(=O)CCC(CCC)C1=O)C(C)(C)C. The second kappa shape index (κ2) is 15.3. The molecule has 41 heavy (non-hydrogen) atoms. The lowest BCUT2D eigenvalue weighted by Gasteiger charge is -2.38. The first-order chi connectivity index (χ1) is 19.3. The van der Waals surface area contributed by atoms with Gasteiger partial charge in [0.25, 0.3) is 5.91 Å². The van der Waals surface area contributed by atoms with E-state index >= 15 is 0 Å². The first-order valence-corrected chi connectivity index (χ1v) is 14.2. The normalized spacial score (nSPS) is 19.8. The summed E-state index contributed by atoms with van der Waals surface area (Å²) < 4.78 is 0. The van der Waals surface area contributed by atoms with Crippen LogP contribution in [0.4, 0.5) is 4.79 Å². The number of imide groups is 1. The Morgan fingerprint density at radius 2 is 1.76 bits per heavy atom. The number of hydrogen-bond acceptors (Lipinski definition) is 7. The lowest BCUT2D eigenvalue weighted by molar-refractivity contribution is -0.152. The molecular formula is C28H44N6O7. The summed E-state index contributed by atoms with van der Waals surface area (Å²) in [6.07, 6.45) is 4.72. The lowest BCUT2D eigenvalue weighted by atomic mass is 9.85. The van der Waals surface area contributed by atoms with Crippen molar-refractivity contribution >= 4 is 41.4 Å². The van der Waals surface area contributed by atoms with E-state index in [0.29, 0.717) is 32.2 Å². The van der Waals surface area contributed by atoms with E-state index in [0.717, 1.165) is 6.42 Å². The van der Waals surface area contributed by atoms with E-state index in [9.17, 15) is 33.6 Å². The van der Waals surface area contributed by atoms with Crippen molar-refractivity contribution in [2.45, 2.75) is 78.3 Å². The van der Waals surface area contributed by atoms with Crippen LogP contribution >= 0.6 is 0 Å². The number of likely N-dealkylation sites (tertiary alicyclic amines) is 2. The maximum absolute atomic E-state index is 12.9. The second-order valence-corrected chi connectivity index (χ2v) is 11.5. The second-order valence-electron chi connectivity index (χ2n) is 11.5. The molecule has 0 radical (unpaired) electrons. The monoisotopic (exact) mass is 576 g/mol. The minimum absolute atomic E-state index is 0.0292. The number of hydrogen-bond donors (Lipinski definition) is 4. The van der Waals surface area contributed by atoms with E-state index in [2.05, 4.69) is 27.8 Å². The summed E-state index contributed by atoms with van der Waals surface area (Å²) in [4.78, 5) is 89.9. The van der Waals surface area contributed by atoms with Crippen LogP contribution in [0.25, 0.3) is 0 Å². The standard InChI is InChI=1S/C28H44N6O7/c1-6-9-18-11-12-22(36)34(26(18)40)17-21(28(3,4)5)32-27(41)31-16-23(37)33-14-8-10-19(33)24(38)30-15-20(35)25(39)29-13-7-2/h7,18-19,21H,2,6,8-17H2,1,3-5H3,(H,29,39)(H,30,38)(H2,31,32,41). The average Bonchev–Trinajstić information content (AvgIpc) is 3.41. The maximum Gasteiger partial charge on any atom is 0.315 e. The molecule has 2 heterocycles. The molecule has 13 heteroatoms. The van der Waals surface area contributed by atoms with E-state index in [-0.39, 0.29) is 43.8 Å². The highest BCUT2D eigenvalue weighted by Crippen LogP contribution is 2.27. The number of rotatable bonds is 13. The number of nitrogens with zero attached hydrogens (tertiary/aromatic N) is 2. The van der Waals surface area contributed by atoms with Crippen LogP contribution in [0.15, 0.2) is 12.7 Å². The highest BCUT2D eigenvalue weighted by Gasteiger charge is 2.38. The van der Waals surface area contributed by atoms with Crippen molar-refractivity contribution in [3.05, 3.63) is 12.7 Å². The van der Waals surface area contributed by atoms with Crippen molar-refractivity contribution in [1.82, 2.24) is 31.1 Å². The molecule has 0 spiro atoms. The number of ketones is 1. The van der Waals surface area contributed by atoms with Crippen LogP contribution in [-0.4, -0.2) is 96.0 Å². The number of Topliss-reactive ketones (excluding diaryl/α,β-unsaturated/α-hetero) is 1. The summed E-state index contributed by atoms with van der Waals surface area (Å²) >= 11 is 0. The zero-order chi connectivity index (χ0) is 30.7. The molecule has 0 saturated carbocycles. The van der Waals surface area contributed by atoms with Crippen molar-refractivity contribution in [3.8, 4) is 0 Å². The van der Waals surface area contributed by atoms with Crippen molar-refractivity contribution < 1.29 is 33.6 Å². The molecular weight excluding hydrogens is 532 g/mol. The summed E-state index contributed by atoms with van der Waals surface area (Å²) in [5.41, 5.74) is -0.502. The van der Waals surface area contributed by atoms with Crippen LogP contribution < -0.4 is 21.3 Å². The van der Waals surface area contributed by atoms with E-state index in [1.54, 1.807) is 0 Å². The molecule has 2 aliphatic rings. The van der Waals surface area contributed by atoms with Gasteiger partial charge in [-0.3, -0.25) is 33.7 Å². The first-order valence-electron chi connectivity index (χ1n) is 14.2. The first kappa shape index (κ1) is 33.4. The third-order valence-corrected chi connectivity index (χ3v) is 7.34. The van der Waals surface area contributed by atoms with Gasteiger partial charge in [-0.05, 0) is 31.1 Å². The molecule has 2 saturated heterocycles. The quantitative estimate of drug-likeness (QED) is 0.138. The Kier molecular flexibility index (Phi) is 12.5. The van der Waals surface area contributed by atoms with E-state index in [1.165, 1.54) is 15.9 Å². The summed E-state index contributed by atoms with van der Waals surface area (Å²) in [5.74, 6) is -3.39. The van der Waals surface area contributed by atoms with Gasteiger partial charge >= 0.3 is 6.03 Å². The molecule has 0 aromatic rings. The topological polar surface area (TPSA) is 174 Å². The number of urea groups is 1. The van der Waals surface area contributed by atoms with Gasteiger partial charge in [0.15, 0.2) is 0 Å². The maximum atomic E-state index is 12.9. The Labute approximate surface area is 241 Å². The fraction of sp³-hybridized carbons (Fsp3) is 0.679. The van der Waals surface area contributed by atoms with Crippen molar-refractivity contribution in [2.75, 3.05) is 32.7 Å². The van der Waals surface area contributed by atoms with Crippen molar-refractivity contribution in [3.63, 3.8) is 0 Å². The molecule has 0 aromatic carbocycles. The summed E-state index contributed by atoms with van der Waals surface area (Å²) in [6.45, 7) is 10.6. The number of nitrogens with one attached hydrogen (secondary N) is 4. The molecule has 228 valence electrons. The molecule has 3 atom stereocenters. The molecule has 2 fully saturated rings. The van der Waals surface area contributed by atoms with Crippen molar-refractivity contribution in [1.29, 1.82) is 0 Å². The lowest BCUT2D eigenvalue weighted by Crippen LogP contribution is -2.58. The minimum atomic E-state index is -0.844. The van der Waals surface area contributed by atoms with Crippen LogP contribution in [0.2, 0.25) is 0 Å². The van der Waals surface area contributed by atoms with Crippen LogP contribution in [0.1, 0.15) is 66.2 Å². The van der Waals surface area contributed by atoms with Crippen molar-refractivity contribution in [2.24, 2.45) is 11.3 Å². The molecule has 2 rings (SSSR count). The number of carbonyl (C=O) groups excluding carboxylic acids is 7. The number of piperidine rings is 1. The summed E-state index contributed by atoms with van der Waals surface area (Å²) in [6, 6.07) is -2.04. The Bertz CT molecular complexity index is 1040. The highest BCUT2D eigenvalue weighted by molar-refractivity contribution is 6.37. The summed E-state index contributed by atoms with van der Waals surface area (Å²) in [7, 11) is 0. The highest BCUT2D eigenvalue weighted by atomic mass is 16.2. The van der Waals surface area contributed by atoms with Gasteiger partial charge in [-0.1, -0.05) is 40.2 Å². The minimum Gasteiger partial charge on any atom is -0.347 e. The van der Waals surface area contributed by atoms with Gasteiger partial charge in [-0.15, -0.1) is 6.58 Å². The molecule has 4 N–H and O–H groups in total. The summed E-state index contributed by atoms with van der Waals surface area (Å²) in [5, 5.41) is 10.1. The van der Waals surface area contributed by atoms with Crippen LogP contribution in [0.5, 0.6) is 0 Å². The van der Waals surface area contributed by atoms with Gasteiger partial charge in [0.1, 0.15) is 6.04 Å². The smallest absolute Gasteiger partial charge is 0.315 e. The van der Waals surface area contributed by atoms with Gasteiger partial charge in [-0.2, -0.15) is 0 Å². The van der Waals surface area contributed by atoms with Gasteiger partial charge in [0.2, 0.25) is 29.4 Å². The molecule has 13 nitrogen and oxygen atoms in total. The largest absolute Gasteiger partial charge is 0.347 e. The number of carbonyl (C=O) groups is 7. The number of amides is 7. The molecule has 7 amide bonds. The van der Waals surface area contributed by atoms with Gasteiger partial charge < -0.3 is 26.2 Å². The van der Waals surface area contributed by atoms with E-state index in [4.69, 9.17) is 0 Å². The average molecular weight is 577 g/mol. The third-order valence-electron chi connectivity index (χ3n) is 7.34. The Balaban J connectivity index is 1.92. The Morgan fingerprint density at radius 1 is 1.05 bits per heavy atom. The molecule has 0 aromatic heterocycles. The van der Waals surface area contributed by atoms with Gasteiger partial charge in [0.05, 0.1) is 19.1 Å². The predicted octanol–water partition coefficient (Wildman–Crippen LogP) is 0.244. The van der Waals surface area contributed by atoms with Crippen LogP contribution in [0.3, 0.4) is 0 Å².